The number of aliphatic carboxylic acids is 1. The van der Waals surface area contributed by atoms with E-state index < -0.39 is 12.0 Å². The first-order chi connectivity index (χ1) is 18.0. The molecule has 3 heterocycles. The molecular formula is C29H35N5O3. The Morgan fingerprint density at radius 1 is 0.838 bits per heavy atom. The summed E-state index contributed by atoms with van der Waals surface area (Å²) in [5.74, 6) is -0.802. The Morgan fingerprint density at radius 2 is 1.46 bits per heavy atom. The van der Waals surface area contributed by atoms with Crippen LogP contribution in [0.25, 0.3) is 0 Å². The van der Waals surface area contributed by atoms with Crippen LogP contribution >= 0.6 is 0 Å². The molecule has 1 unspecified atom stereocenters. The van der Waals surface area contributed by atoms with Gasteiger partial charge in [0.1, 0.15) is 6.04 Å². The van der Waals surface area contributed by atoms with Crippen LogP contribution < -0.4 is 4.90 Å². The van der Waals surface area contributed by atoms with Crippen LogP contribution in [-0.4, -0.2) is 90.1 Å². The van der Waals surface area contributed by atoms with Crippen LogP contribution in [0.4, 0.5) is 5.69 Å². The van der Waals surface area contributed by atoms with Crippen molar-refractivity contribution in [2.75, 3.05) is 57.3 Å². The van der Waals surface area contributed by atoms with Crippen molar-refractivity contribution >= 4 is 17.6 Å². The lowest BCUT2D eigenvalue weighted by Gasteiger charge is -2.44. The zero-order valence-corrected chi connectivity index (χ0v) is 21.3. The summed E-state index contributed by atoms with van der Waals surface area (Å²) in [7, 11) is 0. The third kappa shape index (κ3) is 5.63. The minimum absolute atomic E-state index is 0.0380. The quantitative estimate of drug-likeness (QED) is 0.650. The van der Waals surface area contributed by atoms with Gasteiger partial charge < -0.3 is 14.9 Å². The summed E-state index contributed by atoms with van der Waals surface area (Å²) < 4.78 is 0. The van der Waals surface area contributed by atoms with Crippen molar-refractivity contribution in [2.45, 2.75) is 37.8 Å². The molecule has 194 valence electrons. The van der Waals surface area contributed by atoms with Gasteiger partial charge >= 0.3 is 5.97 Å². The van der Waals surface area contributed by atoms with Gasteiger partial charge in [0.05, 0.1) is 11.6 Å². The lowest BCUT2D eigenvalue weighted by atomic mass is 9.97. The summed E-state index contributed by atoms with van der Waals surface area (Å²) in [6.07, 6.45) is 4.00. The molecule has 2 aromatic carbocycles. The van der Waals surface area contributed by atoms with Gasteiger partial charge in [0.2, 0.25) is 0 Å². The van der Waals surface area contributed by atoms with Gasteiger partial charge in [-0.3, -0.25) is 19.4 Å². The molecule has 3 aliphatic heterocycles. The number of nitrogens with zero attached hydrogens (tertiary/aromatic N) is 5. The molecule has 3 saturated heterocycles. The van der Waals surface area contributed by atoms with Gasteiger partial charge in [-0.2, -0.15) is 5.26 Å². The van der Waals surface area contributed by atoms with Gasteiger partial charge in [-0.05, 0) is 67.6 Å². The predicted octanol–water partition coefficient (Wildman–Crippen LogP) is 3.21. The Hall–Kier alpha value is -3.41. The number of carbonyl (C=O) groups excluding carboxylic acids is 1. The number of hydrogen-bond acceptors (Lipinski definition) is 6. The molecule has 5 rings (SSSR count). The van der Waals surface area contributed by atoms with Crippen molar-refractivity contribution in [3.05, 3.63) is 65.2 Å². The maximum Gasteiger partial charge on any atom is 0.325 e. The third-order valence-corrected chi connectivity index (χ3v) is 8.16. The zero-order valence-electron chi connectivity index (χ0n) is 21.3. The van der Waals surface area contributed by atoms with Crippen molar-refractivity contribution in [1.29, 1.82) is 5.26 Å². The topological polar surface area (TPSA) is 91.1 Å². The second kappa shape index (κ2) is 11.3. The Kier molecular flexibility index (Phi) is 7.73. The van der Waals surface area contributed by atoms with E-state index in [2.05, 4.69) is 20.8 Å². The molecular weight excluding hydrogens is 466 g/mol. The first-order valence-corrected chi connectivity index (χ1v) is 13.4. The number of anilines is 1. The molecule has 0 aliphatic carbocycles. The smallest absolute Gasteiger partial charge is 0.325 e. The molecule has 3 fully saturated rings. The van der Waals surface area contributed by atoms with E-state index in [0.717, 1.165) is 89.3 Å². The van der Waals surface area contributed by atoms with E-state index in [0.29, 0.717) is 17.2 Å². The first kappa shape index (κ1) is 25.2. The van der Waals surface area contributed by atoms with Crippen molar-refractivity contribution in [2.24, 2.45) is 0 Å². The van der Waals surface area contributed by atoms with Crippen molar-refractivity contribution < 1.29 is 14.7 Å². The van der Waals surface area contributed by atoms with Crippen LogP contribution in [0.15, 0.2) is 48.5 Å². The normalized spacial score (nSPS) is 20.5. The lowest BCUT2D eigenvalue weighted by Crippen LogP contribution is -2.54. The van der Waals surface area contributed by atoms with Gasteiger partial charge in [0.25, 0.3) is 5.91 Å². The summed E-state index contributed by atoms with van der Waals surface area (Å²) in [5.41, 5.74) is 3.21. The van der Waals surface area contributed by atoms with Crippen LogP contribution in [0.5, 0.6) is 0 Å². The Labute approximate surface area is 218 Å². The number of carboxylic acid groups (broad SMARTS) is 1. The standard InChI is InChI=1S/C29H35N5O3/c30-21-22-3-9-25(10-4-22)31-17-19-32(20-18-31)26-11-15-33(16-12-26)27(29(36)37)23-5-7-24(8-6-23)28(35)34-13-1-2-14-34/h3-10,26-27H,1-2,11-20H2,(H,36,37). The van der Waals surface area contributed by atoms with E-state index in [9.17, 15) is 14.7 Å². The Bertz CT molecular complexity index is 1120. The minimum Gasteiger partial charge on any atom is -0.480 e. The number of amides is 1. The SMILES string of the molecule is N#Cc1ccc(N2CCN(C3CCN(C(C(=O)O)c4ccc(C(=O)N5CCCC5)cc4)CC3)CC2)cc1. The number of rotatable bonds is 6. The second-order valence-corrected chi connectivity index (χ2v) is 10.3. The molecule has 3 aliphatic rings. The number of carboxylic acids is 1. The summed E-state index contributed by atoms with van der Waals surface area (Å²) >= 11 is 0. The fourth-order valence-corrected chi connectivity index (χ4v) is 6.02. The average Bonchev–Trinajstić information content (AvgIpc) is 3.49. The van der Waals surface area contributed by atoms with Crippen LogP contribution in [0.3, 0.4) is 0 Å². The molecule has 1 atom stereocenters. The molecule has 8 heteroatoms. The van der Waals surface area contributed by atoms with Gasteiger partial charge in [-0.25, -0.2) is 0 Å². The number of hydrogen-bond donors (Lipinski definition) is 1. The number of nitriles is 1. The molecule has 2 aromatic rings. The van der Waals surface area contributed by atoms with Gasteiger partial charge in [-0.15, -0.1) is 0 Å². The molecule has 37 heavy (non-hydrogen) atoms. The van der Waals surface area contributed by atoms with Crippen molar-refractivity contribution in [3.63, 3.8) is 0 Å². The van der Waals surface area contributed by atoms with E-state index in [1.165, 1.54) is 0 Å². The van der Waals surface area contributed by atoms with E-state index in [-0.39, 0.29) is 5.91 Å². The maximum atomic E-state index is 12.7. The molecule has 0 radical (unpaired) electrons. The second-order valence-electron chi connectivity index (χ2n) is 10.3. The van der Waals surface area contributed by atoms with Crippen LogP contribution in [0.1, 0.15) is 53.2 Å². The van der Waals surface area contributed by atoms with Crippen LogP contribution in [-0.2, 0) is 4.79 Å². The van der Waals surface area contributed by atoms with E-state index in [1.807, 2.05) is 41.3 Å². The summed E-state index contributed by atoms with van der Waals surface area (Å²) in [5, 5.41) is 19.1. The number of likely N-dealkylation sites (tertiary alicyclic amines) is 2. The van der Waals surface area contributed by atoms with Gasteiger partial charge in [0, 0.05) is 69.7 Å². The highest BCUT2D eigenvalue weighted by Crippen LogP contribution is 2.28. The van der Waals surface area contributed by atoms with E-state index >= 15 is 0 Å². The minimum atomic E-state index is -0.840. The summed E-state index contributed by atoms with van der Waals surface area (Å²) in [6, 6.07) is 16.9. The summed E-state index contributed by atoms with van der Waals surface area (Å²) in [4.78, 5) is 33.8. The number of piperidine rings is 1. The lowest BCUT2D eigenvalue weighted by molar-refractivity contribution is -0.144. The van der Waals surface area contributed by atoms with Gasteiger partial charge in [0.15, 0.2) is 0 Å². The molecule has 1 N–H and O–H groups in total. The number of carbonyl (C=O) groups is 2. The Balaban J connectivity index is 1.15. The summed E-state index contributed by atoms with van der Waals surface area (Å²) in [6.45, 7) is 6.96. The van der Waals surface area contributed by atoms with E-state index in [4.69, 9.17) is 5.26 Å². The molecule has 0 aromatic heterocycles. The van der Waals surface area contributed by atoms with E-state index in [1.54, 1.807) is 12.1 Å². The Morgan fingerprint density at radius 3 is 2.03 bits per heavy atom. The fraction of sp³-hybridized carbons (Fsp3) is 0.483. The van der Waals surface area contributed by atoms with Crippen LogP contribution in [0.2, 0.25) is 0 Å². The number of benzene rings is 2. The first-order valence-electron chi connectivity index (χ1n) is 13.4. The predicted molar refractivity (Wildman–Crippen MR) is 141 cm³/mol. The molecule has 0 spiro atoms. The third-order valence-electron chi connectivity index (χ3n) is 8.16. The molecule has 1 amide bonds. The fourth-order valence-electron chi connectivity index (χ4n) is 6.02. The highest BCUT2D eigenvalue weighted by atomic mass is 16.4. The van der Waals surface area contributed by atoms with Crippen molar-refractivity contribution in [1.82, 2.24) is 14.7 Å². The van der Waals surface area contributed by atoms with Crippen molar-refractivity contribution in [3.8, 4) is 6.07 Å². The molecule has 8 nitrogen and oxygen atoms in total. The average molecular weight is 502 g/mol. The molecule has 0 bridgehead atoms. The van der Waals surface area contributed by atoms with Crippen LogP contribution in [0, 0.1) is 11.3 Å². The van der Waals surface area contributed by atoms with Gasteiger partial charge in [-0.1, -0.05) is 12.1 Å². The largest absolute Gasteiger partial charge is 0.480 e. The zero-order chi connectivity index (χ0) is 25.8. The monoisotopic (exact) mass is 501 g/mol. The highest BCUT2D eigenvalue weighted by molar-refractivity contribution is 5.94. The number of piperazine rings is 1. The molecule has 0 saturated carbocycles. The maximum absolute atomic E-state index is 12.7. The highest BCUT2D eigenvalue weighted by Gasteiger charge is 2.34.